The number of nitrogens with one attached hydrogen (secondary N) is 1. The number of aryl methyl sites for hydroxylation is 1. The van der Waals surface area contributed by atoms with Gasteiger partial charge in [0.05, 0.1) is 30.5 Å². The third-order valence-electron chi connectivity index (χ3n) is 4.03. The van der Waals surface area contributed by atoms with E-state index in [1.807, 2.05) is 37.3 Å². The van der Waals surface area contributed by atoms with Crippen molar-refractivity contribution in [1.29, 1.82) is 5.26 Å². The minimum atomic E-state index is -0.301. The van der Waals surface area contributed by atoms with Crippen molar-refractivity contribution in [2.24, 2.45) is 0 Å². The molecule has 2 N–H and O–H groups in total. The predicted molar refractivity (Wildman–Crippen MR) is 98.6 cm³/mol. The van der Waals surface area contributed by atoms with E-state index in [1.54, 1.807) is 35.0 Å². The van der Waals surface area contributed by atoms with Gasteiger partial charge in [-0.2, -0.15) is 10.4 Å². The van der Waals surface area contributed by atoms with Gasteiger partial charge in [0.15, 0.2) is 0 Å². The number of hydrogen-bond acceptors (Lipinski definition) is 4. The molecular formula is C20H18N4O2. The van der Waals surface area contributed by atoms with Gasteiger partial charge < -0.3 is 10.4 Å². The minimum absolute atomic E-state index is 0.0887. The summed E-state index contributed by atoms with van der Waals surface area (Å²) in [4.78, 5) is 12.5. The van der Waals surface area contributed by atoms with E-state index in [-0.39, 0.29) is 19.1 Å². The van der Waals surface area contributed by atoms with Crippen molar-refractivity contribution in [1.82, 2.24) is 9.78 Å². The van der Waals surface area contributed by atoms with Crippen LogP contribution in [-0.4, -0.2) is 27.4 Å². The van der Waals surface area contributed by atoms with Crippen LogP contribution in [0.2, 0.25) is 0 Å². The van der Waals surface area contributed by atoms with Crippen LogP contribution in [0.1, 0.15) is 21.5 Å². The largest absolute Gasteiger partial charge is 0.394 e. The van der Waals surface area contributed by atoms with E-state index in [9.17, 15) is 9.90 Å². The zero-order chi connectivity index (χ0) is 18.5. The highest BCUT2D eigenvalue weighted by Crippen LogP contribution is 2.25. The van der Waals surface area contributed by atoms with Crippen molar-refractivity contribution in [2.45, 2.75) is 13.5 Å². The summed E-state index contributed by atoms with van der Waals surface area (Å²) in [5.41, 5.74) is 3.71. The van der Waals surface area contributed by atoms with Gasteiger partial charge in [-0.25, -0.2) is 4.68 Å². The summed E-state index contributed by atoms with van der Waals surface area (Å²) in [5, 5.41) is 25.5. The molecule has 0 bridgehead atoms. The highest BCUT2D eigenvalue weighted by atomic mass is 16.3. The van der Waals surface area contributed by atoms with Crippen molar-refractivity contribution in [3.05, 3.63) is 71.3 Å². The molecule has 26 heavy (non-hydrogen) atoms. The predicted octanol–water partition coefficient (Wildman–Crippen LogP) is 2.97. The van der Waals surface area contributed by atoms with Crippen molar-refractivity contribution in [3.8, 4) is 17.3 Å². The van der Waals surface area contributed by atoms with Gasteiger partial charge in [-0.3, -0.25) is 4.79 Å². The summed E-state index contributed by atoms with van der Waals surface area (Å²) in [6.07, 6.45) is 0. The average Bonchev–Trinajstić information content (AvgIpc) is 3.04. The van der Waals surface area contributed by atoms with Crippen molar-refractivity contribution in [3.63, 3.8) is 0 Å². The molecule has 2 aromatic carbocycles. The number of nitriles is 1. The minimum Gasteiger partial charge on any atom is -0.394 e. The SMILES string of the molecule is Cc1ccccc1-c1cc(NC(=O)c2ccc(C#N)cc2)n(CCO)n1. The average molecular weight is 346 g/mol. The maximum Gasteiger partial charge on any atom is 0.256 e. The summed E-state index contributed by atoms with van der Waals surface area (Å²) < 4.78 is 1.57. The standard InChI is InChI=1S/C20H18N4O2/c1-14-4-2-3-5-17(14)18-12-19(24(23-18)10-11-25)22-20(26)16-8-6-15(13-21)7-9-16/h2-9,12,25H,10-11H2,1H3,(H,22,26). The topological polar surface area (TPSA) is 90.9 Å². The Morgan fingerprint density at radius 2 is 1.96 bits per heavy atom. The Bertz CT molecular complexity index is 968. The molecule has 0 aliphatic heterocycles. The van der Waals surface area contributed by atoms with E-state index in [4.69, 9.17) is 5.26 Å². The number of aromatic nitrogens is 2. The van der Waals surface area contributed by atoms with Gasteiger partial charge >= 0.3 is 0 Å². The number of amides is 1. The maximum absolute atomic E-state index is 12.5. The van der Waals surface area contributed by atoms with Gasteiger partial charge in [-0.05, 0) is 36.8 Å². The van der Waals surface area contributed by atoms with Crippen LogP contribution in [0.4, 0.5) is 5.82 Å². The number of carbonyl (C=O) groups is 1. The molecule has 3 aromatic rings. The number of carbonyl (C=O) groups excluding carboxylic acids is 1. The first-order valence-corrected chi connectivity index (χ1v) is 8.18. The number of nitrogens with zero attached hydrogens (tertiary/aromatic N) is 3. The second-order valence-electron chi connectivity index (χ2n) is 5.82. The normalized spacial score (nSPS) is 10.3. The van der Waals surface area contributed by atoms with Crippen LogP contribution >= 0.6 is 0 Å². The molecule has 3 rings (SSSR count). The first-order chi connectivity index (χ1) is 12.6. The Morgan fingerprint density at radius 3 is 2.62 bits per heavy atom. The summed E-state index contributed by atoms with van der Waals surface area (Å²) >= 11 is 0. The molecule has 0 atom stereocenters. The van der Waals surface area contributed by atoms with Crippen LogP contribution in [-0.2, 0) is 6.54 Å². The lowest BCUT2D eigenvalue weighted by molar-refractivity contribution is 0.102. The summed E-state index contributed by atoms with van der Waals surface area (Å²) in [6.45, 7) is 2.18. The second-order valence-corrected chi connectivity index (χ2v) is 5.82. The fraction of sp³-hybridized carbons (Fsp3) is 0.150. The molecule has 0 saturated carbocycles. The molecule has 6 heteroatoms. The van der Waals surface area contributed by atoms with Crippen LogP contribution in [0.5, 0.6) is 0 Å². The molecule has 1 heterocycles. The lowest BCUT2D eigenvalue weighted by atomic mass is 10.1. The number of rotatable bonds is 5. The molecule has 1 amide bonds. The quantitative estimate of drug-likeness (QED) is 0.743. The van der Waals surface area contributed by atoms with Crippen LogP contribution < -0.4 is 5.32 Å². The number of benzene rings is 2. The van der Waals surface area contributed by atoms with Crippen molar-refractivity contribution in [2.75, 3.05) is 11.9 Å². The first kappa shape index (κ1) is 17.4. The number of hydrogen-bond donors (Lipinski definition) is 2. The third kappa shape index (κ3) is 3.63. The monoisotopic (exact) mass is 346 g/mol. The second kappa shape index (κ2) is 7.64. The Balaban J connectivity index is 1.90. The molecule has 6 nitrogen and oxygen atoms in total. The van der Waals surface area contributed by atoms with E-state index in [0.29, 0.717) is 16.9 Å². The van der Waals surface area contributed by atoms with Crippen LogP contribution in [0.25, 0.3) is 11.3 Å². The number of anilines is 1. The molecule has 0 saturated heterocycles. The third-order valence-corrected chi connectivity index (χ3v) is 4.03. The Kier molecular flexibility index (Phi) is 5.11. The smallest absolute Gasteiger partial charge is 0.256 e. The molecule has 0 radical (unpaired) electrons. The van der Waals surface area contributed by atoms with E-state index in [1.165, 1.54) is 0 Å². The molecular weight excluding hydrogens is 328 g/mol. The van der Waals surface area contributed by atoms with Crippen molar-refractivity contribution < 1.29 is 9.90 Å². The first-order valence-electron chi connectivity index (χ1n) is 8.18. The number of aliphatic hydroxyl groups excluding tert-OH is 1. The van der Waals surface area contributed by atoms with Gasteiger partial charge in [-0.15, -0.1) is 0 Å². The molecule has 0 spiro atoms. The molecule has 0 aliphatic rings. The summed E-state index contributed by atoms with van der Waals surface area (Å²) in [6, 6.07) is 18.1. The van der Waals surface area contributed by atoms with E-state index in [0.717, 1.165) is 16.8 Å². The lowest BCUT2D eigenvalue weighted by Gasteiger charge is -2.07. The molecule has 0 unspecified atom stereocenters. The van der Waals surface area contributed by atoms with E-state index < -0.39 is 0 Å². The highest BCUT2D eigenvalue weighted by Gasteiger charge is 2.14. The van der Waals surface area contributed by atoms with Crippen LogP contribution in [0, 0.1) is 18.3 Å². The Labute approximate surface area is 151 Å². The Morgan fingerprint density at radius 1 is 1.23 bits per heavy atom. The zero-order valence-electron chi connectivity index (χ0n) is 14.3. The van der Waals surface area contributed by atoms with Crippen molar-refractivity contribution >= 4 is 11.7 Å². The molecule has 0 aliphatic carbocycles. The van der Waals surface area contributed by atoms with Gasteiger partial charge in [0.1, 0.15) is 5.82 Å². The number of aliphatic hydroxyl groups is 1. The van der Waals surface area contributed by atoms with Gasteiger partial charge in [-0.1, -0.05) is 24.3 Å². The van der Waals surface area contributed by atoms with Crippen LogP contribution in [0.15, 0.2) is 54.6 Å². The van der Waals surface area contributed by atoms with Gasteiger partial charge in [0.25, 0.3) is 5.91 Å². The summed E-state index contributed by atoms with van der Waals surface area (Å²) in [7, 11) is 0. The fourth-order valence-corrected chi connectivity index (χ4v) is 2.66. The zero-order valence-corrected chi connectivity index (χ0v) is 14.3. The molecule has 1 aromatic heterocycles. The van der Waals surface area contributed by atoms with E-state index in [2.05, 4.69) is 10.4 Å². The summed E-state index contributed by atoms with van der Waals surface area (Å²) in [5.74, 6) is 0.205. The Hall–Kier alpha value is -3.43. The maximum atomic E-state index is 12.5. The van der Waals surface area contributed by atoms with Gasteiger partial charge in [0.2, 0.25) is 0 Å². The molecule has 0 fully saturated rings. The lowest BCUT2D eigenvalue weighted by Crippen LogP contribution is -2.16. The van der Waals surface area contributed by atoms with Gasteiger partial charge in [0, 0.05) is 17.2 Å². The van der Waals surface area contributed by atoms with Crippen LogP contribution in [0.3, 0.4) is 0 Å². The molecule has 130 valence electrons. The van der Waals surface area contributed by atoms with E-state index >= 15 is 0 Å². The highest BCUT2D eigenvalue weighted by molar-refractivity contribution is 6.04. The fourth-order valence-electron chi connectivity index (χ4n) is 2.66.